The van der Waals surface area contributed by atoms with Gasteiger partial charge < -0.3 is 14.4 Å². The number of epoxide rings is 1. The van der Waals surface area contributed by atoms with E-state index in [0.717, 1.165) is 57.0 Å². The number of rotatable bonds is 3. The van der Waals surface area contributed by atoms with E-state index in [1.54, 1.807) is 0 Å². The molecule has 5 nitrogen and oxygen atoms in total. The molecule has 31 heavy (non-hydrogen) atoms. The Balaban J connectivity index is 1.17. The highest BCUT2D eigenvalue weighted by Crippen LogP contribution is 2.66. The van der Waals surface area contributed by atoms with E-state index in [1.807, 2.05) is 18.2 Å². The number of piperazine rings is 1. The van der Waals surface area contributed by atoms with Crippen LogP contribution in [-0.2, 0) is 14.3 Å². The summed E-state index contributed by atoms with van der Waals surface area (Å²) in [6, 6.07) is 8.09. The summed E-state index contributed by atoms with van der Waals surface area (Å²) in [6.07, 6.45) is 4.64. The van der Waals surface area contributed by atoms with Gasteiger partial charge >= 0.3 is 5.97 Å². The van der Waals surface area contributed by atoms with Crippen molar-refractivity contribution in [3.8, 4) is 0 Å². The Morgan fingerprint density at radius 2 is 1.94 bits per heavy atom. The molecule has 2 saturated carbocycles. The first-order chi connectivity index (χ1) is 14.9. The first-order valence-corrected chi connectivity index (χ1v) is 12.4. The number of fused-ring (bicyclic) bond motifs is 1. The molecule has 1 spiro atoms. The summed E-state index contributed by atoms with van der Waals surface area (Å²) in [5.41, 5.74) is 0.751. The standard InChI is InChI=1S/C25H33ClN2O3/c1-16-6-7-21-19(22(29)30-25(21)20(16)8-9-24(2)23(25)31-24)15-27-10-12-28(13-11-27)18-5-3-4-17(26)14-18/h3-5,14,16,19-21,23H,6-13,15H2,1-2H3/t16-,19-,20+,21+,23-,24-,25-/m1/s1. The molecule has 6 rings (SSSR count). The van der Waals surface area contributed by atoms with Crippen LogP contribution >= 0.6 is 11.6 Å². The van der Waals surface area contributed by atoms with Crippen LogP contribution < -0.4 is 4.90 Å². The van der Waals surface area contributed by atoms with Crippen molar-refractivity contribution in [2.45, 2.75) is 56.8 Å². The number of hydrogen-bond acceptors (Lipinski definition) is 5. The lowest BCUT2D eigenvalue weighted by molar-refractivity contribution is -0.168. The van der Waals surface area contributed by atoms with E-state index in [9.17, 15) is 4.79 Å². The molecule has 6 heteroatoms. The highest BCUT2D eigenvalue weighted by molar-refractivity contribution is 6.30. The van der Waals surface area contributed by atoms with Crippen LogP contribution in [0, 0.1) is 23.7 Å². The Kier molecular flexibility index (Phi) is 4.65. The fraction of sp³-hybridized carbons (Fsp3) is 0.720. The maximum absolute atomic E-state index is 13.2. The van der Waals surface area contributed by atoms with Gasteiger partial charge in [-0.05, 0) is 56.7 Å². The molecule has 1 aromatic rings. The van der Waals surface area contributed by atoms with Crippen LogP contribution in [0.1, 0.15) is 39.5 Å². The number of ether oxygens (including phenoxy) is 2. The minimum Gasteiger partial charge on any atom is -0.455 e. The Hall–Kier alpha value is -1.30. The van der Waals surface area contributed by atoms with Crippen LogP contribution in [0.15, 0.2) is 24.3 Å². The predicted molar refractivity (Wildman–Crippen MR) is 120 cm³/mol. The lowest BCUT2D eigenvalue weighted by Gasteiger charge is -2.50. The van der Waals surface area contributed by atoms with Gasteiger partial charge in [0.1, 0.15) is 11.7 Å². The highest BCUT2D eigenvalue weighted by Gasteiger charge is 2.77. The first-order valence-electron chi connectivity index (χ1n) is 12.0. The molecule has 0 radical (unpaired) electrons. The van der Waals surface area contributed by atoms with Crippen molar-refractivity contribution in [1.29, 1.82) is 0 Å². The summed E-state index contributed by atoms with van der Waals surface area (Å²) in [7, 11) is 0. The highest BCUT2D eigenvalue weighted by atomic mass is 35.5. The van der Waals surface area contributed by atoms with Crippen LogP contribution in [0.2, 0.25) is 5.02 Å². The first kappa shape index (κ1) is 20.3. The summed E-state index contributed by atoms with van der Waals surface area (Å²) in [5.74, 6) is 1.39. The van der Waals surface area contributed by atoms with Crippen molar-refractivity contribution < 1.29 is 14.3 Å². The van der Waals surface area contributed by atoms with Gasteiger partial charge in [-0.2, -0.15) is 0 Å². The zero-order valence-electron chi connectivity index (χ0n) is 18.6. The van der Waals surface area contributed by atoms with E-state index in [0.29, 0.717) is 17.8 Å². The molecule has 0 unspecified atom stereocenters. The van der Waals surface area contributed by atoms with Crippen LogP contribution in [0.3, 0.4) is 0 Å². The van der Waals surface area contributed by atoms with Crippen molar-refractivity contribution in [3.63, 3.8) is 0 Å². The minimum atomic E-state index is -0.366. The quantitative estimate of drug-likeness (QED) is 0.521. The minimum absolute atomic E-state index is 0.0146. The number of carbonyl (C=O) groups excluding carboxylic acids is 1. The Morgan fingerprint density at radius 1 is 1.13 bits per heavy atom. The number of carbonyl (C=O) groups is 1. The van der Waals surface area contributed by atoms with E-state index >= 15 is 0 Å². The number of esters is 1. The number of halogens is 1. The fourth-order valence-corrected chi connectivity index (χ4v) is 7.59. The van der Waals surface area contributed by atoms with Crippen LogP contribution in [0.5, 0.6) is 0 Å². The molecule has 3 heterocycles. The molecule has 5 fully saturated rings. The Bertz CT molecular complexity index is 887. The molecule has 1 aromatic carbocycles. The number of hydrogen-bond donors (Lipinski definition) is 0. The maximum atomic E-state index is 13.2. The van der Waals surface area contributed by atoms with Gasteiger partial charge in [-0.25, -0.2) is 0 Å². The van der Waals surface area contributed by atoms with Gasteiger partial charge in [-0.3, -0.25) is 9.69 Å². The van der Waals surface area contributed by atoms with E-state index in [-0.39, 0.29) is 29.2 Å². The predicted octanol–water partition coefficient (Wildman–Crippen LogP) is 3.99. The molecule has 3 aliphatic heterocycles. The molecule has 0 N–H and O–H groups in total. The Labute approximate surface area is 190 Å². The molecule has 0 aromatic heterocycles. The Morgan fingerprint density at radius 3 is 2.71 bits per heavy atom. The summed E-state index contributed by atoms with van der Waals surface area (Å²) in [4.78, 5) is 18.1. The third-order valence-corrected chi connectivity index (χ3v) is 9.33. The van der Waals surface area contributed by atoms with Crippen molar-refractivity contribution in [2.75, 3.05) is 37.6 Å². The summed E-state index contributed by atoms with van der Waals surface area (Å²) < 4.78 is 12.6. The van der Waals surface area contributed by atoms with E-state index in [1.165, 1.54) is 12.1 Å². The van der Waals surface area contributed by atoms with Gasteiger partial charge in [0.05, 0.1) is 11.5 Å². The van der Waals surface area contributed by atoms with Gasteiger partial charge in [0.15, 0.2) is 0 Å². The molecule has 168 valence electrons. The van der Waals surface area contributed by atoms with Crippen LogP contribution in [-0.4, -0.2) is 60.9 Å². The molecule has 0 amide bonds. The zero-order valence-corrected chi connectivity index (χ0v) is 19.3. The van der Waals surface area contributed by atoms with Gasteiger partial charge in [0.2, 0.25) is 0 Å². The van der Waals surface area contributed by atoms with E-state index in [2.05, 4.69) is 29.7 Å². The molecule has 2 aliphatic carbocycles. The average Bonchev–Trinajstić information content (AvgIpc) is 3.38. The van der Waals surface area contributed by atoms with Crippen molar-refractivity contribution >= 4 is 23.3 Å². The topological polar surface area (TPSA) is 45.3 Å². The lowest BCUT2D eigenvalue weighted by Crippen LogP contribution is -2.58. The fourth-order valence-electron chi connectivity index (χ4n) is 7.40. The average molecular weight is 445 g/mol. The normalized spacial score (nSPS) is 44.3. The zero-order chi connectivity index (χ0) is 21.4. The second-order valence-electron chi connectivity index (χ2n) is 10.8. The molecule has 3 saturated heterocycles. The number of benzene rings is 1. The van der Waals surface area contributed by atoms with E-state index < -0.39 is 0 Å². The molecule has 5 aliphatic rings. The van der Waals surface area contributed by atoms with Crippen molar-refractivity contribution in [3.05, 3.63) is 29.3 Å². The number of nitrogens with zero attached hydrogens (tertiary/aromatic N) is 2. The monoisotopic (exact) mass is 444 g/mol. The third-order valence-electron chi connectivity index (χ3n) is 9.09. The maximum Gasteiger partial charge on any atom is 0.311 e. The second kappa shape index (κ2) is 7.10. The van der Waals surface area contributed by atoms with Crippen molar-refractivity contribution in [1.82, 2.24) is 4.90 Å². The number of anilines is 1. The van der Waals surface area contributed by atoms with Gasteiger partial charge in [-0.1, -0.05) is 24.6 Å². The van der Waals surface area contributed by atoms with Gasteiger partial charge in [0.25, 0.3) is 0 Å². The molecule has 0 bridgehead atoms. The summed E-state index contributed by atoms with van der Waals surface area (Å²) in [6.45, 7) is 9.24. The van der Waals surface area contributed by atoms with E-state index in [4.69, 9.17) is 21.1 Å². The smallest absolute Gasteiger partial charge is 0.311 e. The van der Waals surface area contributed by atoms with Gasteiger partial charge in [0, 0.05) is 55.3 Å². The summed E-state index contributed by atoms with van der Waals surface area (Å²) >= 11 is 6.18. The van der Waals surface area contributed by atoms with Gasteiger partial charge in [-0.15, -0.1) is 0 Å². The molecular formula is C25H33ClN2O3. The molecule has 7 atom stereocenters. The summed E-state index contributed by atoms with van der Waals surface area (Å²) in [5, 5.41) is 0.779. The van der Waals surface area contributed by atoms with Crippen LogP contribution in [0.4, 0.5) is 5.69 Å². The van der Waals surface area contributed by atoms with Crippen LogP contribution in [0.25, 0.3) is 0 Å². The second-order valence-corrected chi connectivity index (χ2v) is 11.2. The SMILES string of the molecule is C[C@@H]1CC[C@H]2[C@@H](CN3CCN(c4cccc(Cl)c4)CC3)C(=O)O[C@]23[C@H]1CC[C@@]1(C)O[C@@H]31. The largest absolute Gasteiger partial charge is 0.455 e. The lowest BCUT2D eigenvalue weighted by atomic mass is 9.55. The molecular weight excluding hydrogens is 412 g/mol. The third kappa shape index (κ3) is 3.07. The van der Waals surface area contributed by atoms with Crippen molar-refractivity contribution in [2.24, 2.45) is 23.7 Å².